The fourth-order valence-corrected chi connectivity index (χ4v) is 1.38. The summed E-state index contributed by atoms with van der Waals surface area (Å²) >= 11 is 0. The zero-order chi connectivity index (χ0) is 12.9. The molecule has 0 aromatic heterocycles. The van der Waals surface area contributed by atoms with Gasteiger partial charge in [-0.25, -0.2) is 0 Å². The zero-order valence-corrected chi connectivity index (χ0v) is 9.07. The van der Waals surface area contributed by atoms with Crippen LogP contribution in [0.5, 0.6) is 5.75 Å². The van der Waals surface area contributed by atoms with Gasteiger partial charge in [0, 0.05) is 6.61 Å². The highest BCUT2D eigenvalue weighted by Gasteiger charge is 2.30. The van der Waals surface area contributed by atoms with Crippen molar-refractivity contribution in [3.05, 3.63) is 29.8 Å². The number of halogens is 3. The minimum atomic E-state index is -4.67. The average Bonchev–Trinajstić information content (AvgIpc) is 2.26. The first-order valence-corrected chi connectivity index (χ1v) is 5.10. The molecule has 0 fully saturated rings. The molecule has 0 aliphatic rings. The third-order valence-electron chi connectivity index (χ3n) is 2.27. The molecule has 1 atom stereocenters. The predicted octanol–water partition coefficient (Wildman–Crippen LogP) is 1.69. The van der Waals surface area contributed by atoms with E-state index in [1.54, 1.807) is 0 Å². The molecular weight excluding hydrogens is 235 g/mol. The van der Waals surface area contributed by atoms with Crippen LogP contribution in [0.4, 0.5) is 13.2 Å². The maximum Gasteiger partial charge on any atom is 0.573 e. The van der Waals surface area contributed by atoms with Gasteiger partial charge in [0.2, 0.25) is 0 Å². The maximum absolute atomic E-state index is 11.9. The molecule has 0 aliphatic carbocycles. The van der Waals surface area contributed by atoms with Gasteiger partial charge >= 0.3 is 6.36 Å². The summed E-state index contributed by atoms with van der Waals surface area (Å²) in [4.78, 5) is 0. The van der Waals surface area contributed by atoms with Crippen LogP contribution in [0.1, 0.15) is 5.56 Å². The van der Waals surface area contributed by atoms with Crippen LogP contribution in [0.3, 0.4) is 0 Å². The van der Waals surface area contributed by atoms with Crippen LogP contribution in [-0.4, -0.2) is 24.6 Å². The Hall–Kier alpha value is -1.27. The van der Waals surface area contributed by atoms with E-state index in [4.69, 9.17) is 10.8 Å². The van der Waals surface area contributed by atoms with E-state index < -0.39 is 6.36 Å². The molecule has 0 unspecified atom stereocenters. The van der Waals surface area contributed by atoms with Crippen molar-refractivity contribution >= 4 is 0 Å². The van der Waals surface area contributed by atoms with E-state index in [2.05, 4.69) is 4.74 Å². The van der Waals surface area contributed by atoms with E-state index in [9.17, 15) is 13.2 Å². The van der Waals surface area contributed by atoms with Crippen molar-refractivity contribution < 1.29 is 23.0 Å². The van der Waals surface area contributed by atoms with Gasteiger partial charge in [-0.05, 0) is 36.6 Å². The molecular formula is C11H14F3NO2. The number of hydrogen-bond acceptors (Lipinski definition) is 3. The Bertz CT molecular complexity index is 334. The summed E-state index contributed by atoms with van der Waals surface area (Å²) < 4.78 is 39.4. The second-order valence-corrected chi connectivity index (χ2v) is 3.68. The van der Waals surface area contributed by atoms with Crippen molar-refractivity contribution in [1.82, 2.24) is 0 Å². The summed E-state index contributed by atoms with van der Waals surface area (Å²) in [5.41, 5.74) is 6.22. The van der Waals surface area contributed by atoms with Gasteiger partial charge in [-0.1, -0.05) is 12.1 Å². The van der Waals surface area contributed by atoms with Gasteiger partial charge in [-0.15, -0.1) is 13.2 Å². The van der Waals surface area contributed by atoms with Gasteiger partial charge in [0.1, 0.15) is 5.75 Å². The molecule has 1 aromatic rings. The Balaban J connectivity index is 2.62. The Morgan fingerprint density at radius 3 is 2.24 bits per heavy atom. The molecule has 0 amide bonds. The van der Waals surface area contributed by atoms with E-state index >= 15 is 0 Å². The molecule has 0 saturated heterocycles. The summed E-state index contributed by atoms with van der Waals surface area (Å²) in [5.74, 6) is -0.334. The van der Waals surface area contributed by atoms with Gasteiger partial charge in [-0.3, -0.25) is 0 Å². The predicted molar refractivity (Wildman–Crippen MR) is 56.5 cm³/mol. The fourth-order valence-electron chi connectivity index (χ4n) is 1.38. The monoisotopic (exact) mass is 249 g/mol. The second-order valence-electron chi connectivity index (χ2n) is 3.68. The molecule has 0 radical (unpaired) electrons. The standard InChI is InChI=1S/C11H14F3NO2/c12-11(13,14)17-10-3-1-8(2-4-10)5-9(6-15)7-16/h1-4,9,16H,5-7,15H2/t9-/m1/s1. The molecule has 6 heteroatoms. The Labute approximate surface area is 97.0 Å². The fraction of sp³-hybridized carbons (Fsp3) is 0.455. The van der Waals surface area contributed by atoms with E-state index in [0.717, 1.165) is 5.56 Å². The van der Waals surface area contributed by atoms with E-state index in [1.165, 1.54) is 24.3 Å². The number of hydrogen-bond donors (Lipinski definition) is 2. The van der Waals surface area contributed by atoms with Crippen LogP contribution in [-0.2, 0) is 6.42 Å². The van der Waals surface area contributed by atoms with Gasteiger partial charge in [0.05, 0.1) is 0 Å². The van der Waals surface area contributed by atoms with Crippen LogP contribution >= 0.6 is 0 Å². The number of rotatable bonds is 5. The second kappa shape index (κ2) is 5.88. The average molecular weight is 249 g/mol. The van der Waals surface area contributed by atoms with Crippen LogP contribution in [0, 0.1) is 5.92 Å². The molecule has 96 valence electrons. The molecule has 0 bridgehead atoms. The molecule has 0 spiro atoms. The third-order valence-corrected chi connectivity index (χ3v) is 2.27. The first kappa shape index (κ1) is 13.8. The molecule has 1 aromatic carbocycles. The first-order valence-electron chi connectivity index (χ1n) is 5.10. The molecule has 3 nitrogen and oxygen atoms in total. The van der Waals surface area contributed by atoms with Gasteiger partial charge in [0.25, 0.3) is 0 Å². The number of nitrogens with two attached hydrogens (primary N) is 1. The summed E-state index contributed by atoms with van der Waals surface area (Å²) in [6.45, 7) is 0.286. The van der Waals surface area contributed by atoms with E-state index in [-0.39, 0.29) is 18.3 Å². The van der Waals surface area contributed by atoms with Crippen molar-refractivity contribution in [2.45, 2.75) is 12.8 Å². The minimum Gasteiger partial charge on any atom is -0.406 e. The van der Waals surface area contributed by atoms with E-state index in [0.29, 0.717) is 13.0 Å². The third kappa shape index (κ3) is 5.06. The van der Waals surface area contributed by atoms with Crippen molar-refractivity contribution in [1.29, 1.82) is 0 Å². The molecule has 1 rings (SSSR count). The van der Waals surface area contributed by atoms with Crippen molar-refractivity contribution in [2.24, 2.45) is 11.7 Å². The Morgan fingerprint density at radius 1 is 1.24 bits per heavy atom. The lowest BCUT2D eigenvalue weighted by molar-refractivity contribution is -0.274. The number of aliphatic hydroxyl groups is 1. The molecule has 17 heavy (non-hydrogen) atoms. The number of alkyl halides is 3. The number of benzene rings is 1. The largest absolute Gasteiger partial charge is 0.573 e. The summed E-state index contributed by atoms with van der Waals surface area (Å²) in [7, 11) is 0. The first-order chi connectivity index (χ1) is 7.94. The van der Waals surface area contributed by atoms with Crippen LogP contribution < -0.4 is 10.5 Å². The summed E-state index contributed by atoms with van der Waals surface area (Å²) in [6, 6.07) is 5.54. The molecule has 0 heterocycles. The maximum atomic E-state index is 11.9. The quantitative estimate of drug-likeness (QED) is 0.835. The smallest absolute Gasteiger partial charge is 0.406 e. The SMILES string of the molecule is NC[C@H](CO)Cc1ccc(OC(F)(F)F)cc1. The van der Waals surface area contributed by atoms with Gasteiger partial charge in [0.15, 0.2) is 0 Å². The molecule has 0 saturated carbocycles. The van der Waals surface area contributed by atoms with Crippen molar-refractivity contribution in [3.63, 3.8) is 0 Å². The highest BCUT2D eigenvalue weighted by Crippen LogP contribution is 2.23. The summed E-state index contributed by atoms with van der Waals surface area (Å²) in [6.07, 6.45) is -4.15. The Kier molecular flexibility index (Phi) is 4.77. The molecule has 3 N–H and O–H groups in total. The van der Waals surface area contributed by atoms with Crippen LogP contribution in [0.15, 0.2) is 24.3 Å². The lowest BCUT2D eigenvalue weighted by Crippen LogP contribution is -2.20. The minimum absolute atomic E-state index is 0.0443. The number of aliphatic hydroxyl groups excluding tert-OH is 1. The van der Waals surface area contributed by atoms with Crippen LogP contribution in [0.2, 0.25) is 0 Å². The lowest BCUT2D eigenvalue weighted by atomic mass is 10.0. The highest BCUT2D eigenvalue weighted by atomic mass is 19.4. The van der Waals surface area contributed by atoms with Gasteiger partial charge in [-0.2, -0.15) is 0 Å². The number of ether oxygens (including phenoxy) is 1. The van der Waals surface area contributed by atoms with Crippen LogP contribution in [0.25, 0.3) is 0 Å². The highest BCUT2D eigenvalue weighted by molar-refractivity contribution is 5.27. The topological polar surface area (TPSA) is 55.5 Å². The van der Waals surface area contributed by atoms with E-state index in [1.807, 2.05) is 0 Å². The van der Waals surface area contributed by atoms with Gasteiger partial charge < -0.3 is 15.6 Å². The van der Waals surface area contributed by atoms with Crippen molar-refractivity contribution in [2.75, 3.05) is 13.2 Å². The molecule has 0 aliphatic heterocycles. The summed E-state index contributed by atoms with van der Waals surface area (Å²) in [5, 5.41) is 8.94. The zero-order valence-electron chi connectivity index (χ0n) is 9.07. The van der Waals surface area contributed by atoms with Crippen molar-refractivity contribution in [3.8, 4) is 5.75 Å². The normalized spacial score (nSPS) is 13.5. The Morgan fingerprint density at radius 2 is 1.82 bits per heavy atom. The lowest BCUT2D eigenvalue weighted by Gasteiger charge is -2.12.